The molecule has 0 saturated heterocycles. The summed E-state index contributed by atoms with van der Waals surface area (Å²) in [6.07, 6.45) is -1.33. The maximum Gasteiger partial charge on any atom is 0.422 e. The monoisotopic (exact) mass is 362 g/mol. The van der Waals surface area contributed by atoms with Crippen molar-refractivity contribution in [1.29, 1.82) is 0 Å². The van der Waals surface area contributed by atoms with Crippen LogP contribution in [0.15, 0.2) is 12.3 Å². The van der Waals surface area contributed by atoms with Gasteiger partial charge in [-0.1, -0.05) is 0 Å². The van der Waals surface area contributed by atoms with Gasteiger partial charge >= 0.3 is 24.2 Å². The molecule has 1 heterocycles. The Labute approximate surface area is 140 Å². The average Bonchev–Trinajstić information content (AvgIpc) is 2.53. The zero-order chi connectivity index (χ0) is 18.4. The van der Waals surface area contributed by atoms with Crippen LogP contribution in [0.3, 0.4) is 0 Å². The number of nitrogens with zero attached hydrogens (tertiary/aromatic N) is 2. The topological polar surface area (TPSA) is 113 Å². The van der Waals surface area contributed by atoms with Crippen molar-refractivity contribution in [2.75, 3.05) is 11.9 Å². The van der Waals surface area contributed by atoms with Crippen molar-refractivity contribution in [2.45, 2.75) is 37.9 Å². The fourth-order valence-corrected chi connectivity index (χ4v) is 2.45. The molecule has 0 spiro atoms. The normalized spacial score (nSPS) is 20.6. The average molecular weight is 362 g/mol. The summed E-state index contributed by atoms with van der Waals surface area (Å²) in [6.45, 7) is -1.53. The second-order valence-electron chi connectivity index (χ2n) is 5.61. The zero-order valence-corrected chi connectivity index (χ0v) is 13.0. The van der Waals surface area contributed by atoms with Gasteiger partial charge in [-0.2, -0.15) is 18.2 Å². The van der Waals surface area contributed by atoms with Crippen LogP contribution in [0.25, 0.3) is 0 Å². The molecule has 0 radical (unpaired) electrons. The number of hydrogen-bond donors (Lipinski definition) is 3. The third kappa shape index (κ3) is 6.43. The van der Waals surface area contributed by atoms with E-state index in [1.165, 1.54) is 6.07 Å². The largest absolute Gasteiger partial charge is 0.481 e. The highest BCUT2D eigenvalue weighted by Gasteiger charge is 2.29. The molecule has 0 aromatic carbocycles. The van der Waals surface area contributed by atoms with Crippen molar-refractivity contribution < 1.29 is 32.6 Å². The van der Waals surface area contributed by atoms with Crippen molar-refractivity contribution in [3.8, 4) is 6.01 Å². The third-order valence-corrected chi connectivity index (χ3v) is 3.65. The molecule has 0 aliphatic heterocycles. The van der Waals surface area contributed by atoms with Crippen LogP contribution in [0.2, 0.25) is 0 Å². The molecule has 25 heavy (non-hydrogen) atoms. The molecule has 0 bridgehead atoms. The lowest BCUT2D eigenvalue weighted by Crippen LogP contribution is -2.41. The summed E-state index contributed by atoms with van der Waals surface area (Å²) in [4.78, 5) is 30.0. The van der Waals surface area contributed by atoms with Crippen molar-refractivity contribution in [3.63, 3.8) is 0 Å². The molecule has 0 atom stereocenters. The highest BCUT2D eigenvalue weighted by atomic mass is 19.4. The van der Waals surface area contributed by atoms with E-state index in [0.717, 1.165) is 6.20 Å². The second kappa shape index (κ2) is 7.99. The Morgan fingerprint density at radius 3 is 2.56 bits per heavy atom. The Hall–Kier alpha value is -2.59. The van der Waals surface area contributed by atoms with Gasteiger partial charge in [0.1, 0.15) is 5.82 Å². The van der Waals surface area contributed by atoms with Gasteiger partial charge < -0.3 is 15.2 Å². The van der Waals surface area contributed by atoms with Gasteiger partial charge in [-0.25, -0.2) is 9.78 Å². The Bertz CT molecular complexity index is 618. The van der Waals surface area contributed by atoms with Crippen LogP contribution in [0.4, 0.5) is 23.8 Å². The quantitative estimate of drug-likeness (QED) is 0.740. The number of carbonyl (C=O) groups is 2. The van der Waals surface area contributed by atoms with Gasteiger partial charge in [0.2, 0.25) is 0 Å². The molecule has 1 fully saturated rings. The number of halogens is 3. The van der Waals surface area contributed by atoms with Crippen LogP contribution in [-0.4, -0.2) is 45.9 Å². The molecular formula is C14H17F3N4O4. The number of carboxylic acids is 1. The lowest BCUT2D eigenvalue weighted by molar-refractivity contribution is -0.154. The van der Waals surface area contributed by atoms with Gasteiger partial charge in [-0.05, 0) is 31.7 Å². The number of urea groups is 1. The molecule has 8 nitrogen and oxygen atoms in total. The van der Waals surface area contributed by atoms with Gasteiger partial charge in [0.15, 0.2) is 6.61 Å². The predicted octanol–water partition coefficient (Wildman–Crippen LogP) is 2.18. The molecule has 1 saturated carbocycles. The van der Waals surface area contributed by atoms with E-state index < -0.39 is 36.7 Å². The van der Waals surface area contributed by atoms with Gasteiger partial charge in [0.05, 0.1) is 5.92 Å². The highest BCUT2D eigenvalue weighted by molar-refractivity contribution is 5.88. The number of nitrogens with one attached hydrogen (secondary N) is 2. The Morgan fingerprint density at radius 2 is 1.96 bits per heavy atom. The van der Waals surface area contributed by atoms with Crippen LogP contribution in [0.5, 0.6) is 6.01 Å². The van der Waals surface area contributed by atoms with E-state index >= 15 is 0 Å². The van der Waals surface area contributed by atoms with E-state index in [-0.39, 0.29) is 11.9 Å². The van der Waals surface area contributed by atoms with Crippen LogP contribution in [0, 0.1) is 5.92 Å². The van der Waals surface area contributed by atoms with E-state index in [2.05, 4.69) is 25.3 Å². The number of ether oxygens (including phenoxy) is 1. The Balaban J connectivity index is 1.81. The van der Waals surface area contributed by atoms with Crippen LogP contribution in [-0.2, 0) is 4.79 Å². The van der Waals surface area contributed by atoms with Gasteiger partial charge in [0, 0.05) is 12.2 Å². The minimum Gasteiger partial charge on any atom is -0.481 e. The molecule has 1 aromatic heterocycles. The van der Waals surface area contributed by atoms with Crippen molar-refractivity contribution >= 4 is 17.8 Å². The summed E-state index contributed by atoms with van der Waals surface area (Å²) in [5, 5.41) is 14.0. The molecule has 1 aliphatic carbocycles. The van der Waals surface area contributed by atoms with E-state index in [1.807, 2.05) is 0 Å². The first-order chi connectivity index (χ1) is 11.7. The minimum atomic E-state index is -4.51. The fraction of sp³-hybridized carbons (Fsp3) is 0.571. The van der Waals surface area contributed by atoms with E-state index in [9.17, 15) is 22.8 Å². The Kier molecular flexibility index (Phi) is 5.99. The molecule has 0 unspecified atom stereocenters. The summed E-state index contributed by atoms with van der Waals surface area (Å²) in [5.41, 5.74) is 0. The summed E-state index contributed by atoms with van der Waals surface area (Å²) < 4.78 is 40.7. The number of rotatable bonds is 5. The van der Waals surface area contributed by atoms with Gasteiger partial charge in [-0.15, -0.1) is 0 Å². The smallest absolute Gasteiger partial charge is 0.422 e. The van der Waals surface area contributed by atoms with Crippen LogP contribution < -0.4 is 15.4 Å². The number of amides is 2. The van der Waals surface area contributed by atoms with Crippen molar-refractivity contribution in [2.24, 2.45) is 5.92 Å². The molecule has 2 rings (SSSR count). The first kappa shape index (κ1) is 18.7. The number of carboxylic acid groups (broad SMARTS) is 1. The highest BCUT2D eigenvalue weighted by Crippen LogP contribution is 2.24. The first-order valence-electron chi connectivity index (χ1n) is 7.56. The summed E-state index contributed by atoms with van der Waals surface area (Å²) in [7, 11) is 0. The third-order valence-electron chi connectivity index (χ3n) is 3.65. The number of hydrogen-bond acceptors (Lipinski definition) is 5. The molecule has 2 amide bonds. The summed E-state index contributed by atoms with van der Waals surface area (Å²) >= 11 is 0. The second-order valence-corrected chi connectivity index (χ2v) is 5.61. The predicted molar refractivity (Wildman–Crippen MR) is 79.1 cm³/mol. The number of carbonyl (C=O) groups excluding carboxylic acids is 1. The lowest BCUT2D eigenvalue weighted by Gasteiger charge is -2.26. The van der Waals surface area contributed by atoms with E-state index in [0.29, 0.717) is 25.7 Å². The van der Waals surface area contributed by atoms with E-state index in [1.54, 1.807) is 0 Å². The molecule has 1 aliphatic rings. The maximum absolute atomic E-state index is 12.1. The lowest BCUT2D eigenvalue weighted by atomic mass is 9.86. The fourth-order valence-electron chi connectivity index (χ4n) is 2.45. The van der Waals surface area contributed by atoms with Crippen molar-refractivity contribution in [1.82, 2.24) is 15.3 Å². The molecule has 138 valence electrons. The summed E-state index contributed by atoms with van der Waals surface area (Å²) in [5.74, 6) is -1.24. The summed E-state index contributed by atoms with van der Waals surface area (Å²) in [6, 6.07) is 0.0520. The van der Waals surface area contributed by atoms with Gasteiger partial charge in [0.25, 0.3) is 0 Å². The molecular weight excluding hydrogens is 345 g/mol. The minimum absolute atomic E-state index is 0.0103. The number of anilines is 1. The molecule has 1 aromatic rings. The van der Waals surface area contributed by atoms with Crippen molar-refractivity contribution in [3.05, 3.63) is 12.3 Å². The van der Waals surface area contributed by atoms with E-state index in [4.69, 9.17) is 5.11 Å². The molecule has 11 heteroatoms. The Morgan fingerprint density at radius 1 is 1.28 bits per heavy atom. The SMILES string of the molecule is O=C(Nc1ccnc(OCC(F)(F)F)n1)NC1CCC(C(=O)O)CC1. The molecule has 3 N–H and O–H groups in total. The number of aliphatic carboxylic acids is 1. The zero-order valence-electron chi connectivity index (χ0n) is 13.0. The van der Waals surface area contributed by atoms with Crippen LogP contribution in [0.1, 0.15) is 25.7 Å². The maximum atomic E-state index is 12.1. The van der Waals surface area contributed by atoms with Crippen LogP contribution >= 0.6 is 0 Å². The number of alkyl halides is 3. The standard InChI is InChI=1S/C14H17F3N4O4/c15-14(16,17)7-25-13-18-6-5-10(21-13)20-12(24)19-9-3-1-8(2-4-9)11(22)23/h5-6,8-9H,1-4,7H2,(H,22,23)(H2,18,19,20,21,24). The first-order valence-corrected chi connectivity index (χ1v) is 7.56. The number of aromatic nitrogens is 2. The van der Waals surface area contributed by atoms with Gasteiger partial charge in [-0.3, -0.25) is 10.1 Å².